The van der Waals surface area contributed by atoms with Gasteiger partial charge in [-0.15, -0.1) is 0 Å². The third-order valence-corrected chi connectivity index (χ3v) is 5.78. The van der Waals surface area contributed by atoms with E-state index >= 15 is 0 Å². The molecule has 0 spiro atoms. The first-order chi connectivity index (χ1) is 12.1. The van der Waals surface area contributed by atoms with E-state index in [1.165, 1.54) is 18.4 Å². The topological polar surface area (TPSA) is 65.2 Å². The highest BCUT2D eigenvalue weighted by atomic mass is 16.2. The van der Waals surface area contributed by atoms with Gasteiger partial charge >= 0.3 is 6.03 Å². The summed E-state index contributed by atoms with van der Waals surface area (Å²) < 4.78 is 0. The molecule has 1 aliphatic heterocycles. The number of fused-ring (bicyclic) bond motifs is 1. The molecule has 5 heteroatoms. The highest BCUT2D eigenvalue weighted by Gasteiger charge is 2.57. The number of benzene rings is 1. The van der Waals surface area contributed by atoms with Gasteiger partial charge in [0, 0.05) is 24.2 Å². The van der Waals surface area contributed by atoms with Crippen LogP contribution in [0.5, 0.6) is 0 Å². The molecule has 1 saturated carbocycles. The number of hydrogen-bond acceptors (Lipinski definition) is 2. The summed E-state index contributed by atoms with van der Waals surface area (Å²) >= 11 is 0. The van der Waals surface area contributed by atoms with Crippen molar-refractivity contribution < 1.29 is 4.79 Å². The van der Waals surface area contributed by atoms with Crippen molar-refractivity contribution in [3.63, 3.8) is 0 Å². The maximum atomic E-state index is 12.9. The summed E-state index contributed by atoms with van der Waals surface area (Å²) in [5.74, 6) is 0.534. The summed E-state index contributed by atoms with van der Waals surface area (Å²) in [5, 5.41) is 2.96. The summed E-state index contributed by atoms with van der Waals surface area (Å²) in [6.07, 6.45) is 6.14. The van der Waals surface area contributed by atoms with Crippen LogP contribution in [0, 0.1) is 12.8 Å². The lowest BCUT2D eigenvalue weighted by atomic mass is 9.62. The quantitative estimate of drug-likeness (QED) is 0.879. The molecule has 4 rings (SSSR count). The van der Waals surface area contributed by atoms with Gasteiger partial charge in [0.15, 0.2) is 0 Å². The van der Waals surface area contributed by atoms with Crippen LogP contribution in [0.15, 0.2) is 47.4 Å². The van der Waals surface area contributed by atoms with E-state index in [-0.39, 0.29) is 17.1 Å². The van der Waals surface area contributed by atoms with Gasteiger partial charge < -0.3 is 15.2 Å². The van der Waals surface area contributed by atoms with Gasteiger partial charge in [0.1, 0.15) is 0 Å². The van der Waals surface area contributed by atoms with Crippen molar-refractivity contribution in [2.24, 2.45) is 5.92 Å². The Morgan fingerprint density at radius 1 is 1.28 bits per heavy atom. The number of H-pyrrole nitrogens is 1. The molecule has 2 aliphatic rings. The van der Waals surface area contributed by atoms with Gasteiger partial charge in [-0.05, 0) is 31.4 Å². The first-order valence-electron chi connectivity index (χ1n) is 8.95. The van der Waals surface area contributed by atoms with E-state index in [4.69, 9.17) is 0 Å². The molecular formula is C20H23N3O2. The van der Waals surface area contributed by atoms with Crippen LogP contribution in [-0.2, 0) is 5.54 Å². The fourth-order valence-corrected chi connectivity index (χ4v) is 4.48. The van der Waals surface area contributed by atoms with Crippen LogP contribution >= 0.6 is 0 Å². The zero-order valence-corrected chi connectivity index (χ0v) is 14.4. The molecule has 0 bridgehead atoms. The van der Waals surface area contributed by atoms with Crippen LogP contribution in [-0.4, -0.2) is 22.5 Å². The summed E-state index contributed by atoms with van der Waals surface area (Å²) in [5.41, 5.74) is 2.15. The number of rotatable bonds is 2. The molecule has 130 valence electrons. The molecule has 0 radical (unpaired) electrons. The Labute approximate surface area is 147 Å². The van der Waals surface area contributed by atoms with Crippen molar-refractivity contribution in [1.82, 2.24) is 9.88 Å². The molecule has 1 saturated heterocycles. The smallest absolute Gasteiger partial charge is 0.322 e. The number of carbonyl (C=O) groups is 1. The molecule has 5 nitrogen and oxygen atoms in total. The number of urea groups is 1. The molecular weight excluding hydrogens is 314 g/mol. The highest BCUT2D eigenvalue weighted by molar-refractivity contribution is 5.90. The van der Waals surface area contributed by atoms with Crippen LogP contribution in [0.1, 0.15) is 36.8 Å². The number of likely N-dealkylation sites (tertiary alicyclic amines) is 1. The van der Waals surface area contributed by atoms with Crippen molar-refractivity contribution in [2.45, 2.75) is 38.1 Å². The SMILES string of the molecule is Cc1cc(NC(=O)N2CC3CCCCC32c2ccccc2)c[nH]c1=O. The lowest BCUT2D eigenvalue weighted by Gasteiger charge is -2.61. The number of nitrogens with one attached hydrogen (secondary N) is 2. The highest BCUT2D eigenvalue weighted by Crippen LogP contribution is 2.53. The monoisotopic (exact) mass is 337 g/mol. The third-order valence-electron chi connectivity index (χ3n) is 5.78. The van der Waals surface area contributed by atoms with E-state index in [1.807, 2.05) is 11.0 Å². The van der Waals surface area contributed by atoms with E-state index < -0.39 is 0 Å². The van der Waals surface area contributed by atoms with E-state index in [0.717, 1.165) is 19.4 Å². The van der Waals surface area contributed by atoms with Gasteiger partial charge in [0.25, 0.3) is 5.56 Å². The predicted molar refractivity (Wildman–Crippen MR) is 97.6 cm³/mol. The Kier molecular flexibility index (Phi) is 3.86. The summed E-state index contributed by atoms with van der Waals surface area (Å²) in [7, 11) is 0. The average molecular weight is 337 g/mol. The molecule has 1 aliphatic carbocycles. The first-order valence-corrected chi connectivity index (χ1v) is 8.95. The van der Waals surface area contributed by atoms with Crippen LogP contribution < -0.4 is 10.9 Å². The Balaban J connectivity index is 1.61. The fourth-order valence-electron chi connectivity index (χ4n) is 4.48. The maximum Gasteiger partial charge on any atom is 0.322 e. The number of anilines is 1. The zero-order chi connectivity index (χ0) is 17.4. The van der Waals surface area contributed by atoms with E-state index in [0.29, 0.717) is 17.2 Å². The minimum Gasteiger partial charge on any atom is -0.327 e. The molecule has 25 heavy (non-hydrogen) atoms. The number of carbonyl (C=O) groups excluding carboxylic acids is 1. The lowest BCUT2D eigenvalue weighted by Crippen LogP contribution is -2.68. The van der Waals surface area contributed by atoms with E-state index in [2.05, 4.69) is 34.6 Å². The Hall–Kier alpha value is -2.56. The second-order valence-corrected chi connectivity index (χ2v) is 7.17. The average Bonchev–Trinajstić information content (AvgIpc) is 2.60. The Morgan fingerprint density at radius 3 is 2.80 bits per heavy atom. The Bertz CT molecular complexity index is 846. The number of pyridine rings is 1. The molecule has 2 N–H and O–H groups in total. The second kappa shape index (κ2) is 6.06. The van der Waals surface area contributed by atoms with Crippen LogP contribution in [0.2, 0.25) is 0 Å². The van der Waals surface area contributed by atoms with Crippen molar-refractivity contribution in [3.05, 3.63) is 64.1 Å². The molecule has 1 aromatic carbocycles. The summed E-state index contributed by atoms with van der Waals surface area (Å²) in [6, 6.07) is 12.0. The van der Waals surface area contributed by atoms with Crippen molar-refractivity contribution >= 4 is 11.7 Å². The number of aromatic amines is 1. The lowest BCUT2D eigenvalue weighted by molar-refractivity contribution is -0.0756. The zero-order valence-electron chi connectivity index (χ0n) is 14.4. The van der Waals surface area contributed by atoms with Crippen molar-refractivity contribution in [2.75, 3.05) is 11.9 Å². The minimum absolute atomic E-state index is 0.0894. The van der Waals surface area contributed by atoms with Gasteiger partial charge in [-0.3, -0.25) is 4.79 Å². The second-order valence-electron chi connectivity index (χ2n) is 7.17. The molecule has 2 heterocycles. The van der Waals surface area contributed by atoms with Gasteiger partial charge in [-0.1, -0.05) is 43.2 Å². The van der Waals surface area contributed by atoms with Crippen LogP contribution in [0.3, 0.4) is 0 Å². The van der Waals surface area contributed by atoms with Crippen LogP contribution in [0.4, 0.5) is 10.5 Å². The molecule has 2 unspecified atom stereocenters. The summed E-state index contributed by atoms with van der Waals surface area (Å²) in [4.78, 5) is 29.1. The number of aromatic nitrogens is 1. The molecule has 1 aromatic heterocycles. The number of aryl methyl sites for hydroxylation is 1. The number of nitrogens with zero attached hydrogens (tertiary/aromatic N) is 1. The normalized spacial score (nSPS) is 25.0. The molecule has 2 atom stereocenters. The first kappa shape index (κ1) is 15.9. The largest absolute Gasteiger partial charge is 0.327 e. The van der Waals surface area contributed by atoms with Crippen molar-refractivity contribution in [1.29, 1.82) is 0 Å². The van der Waals surface area contributed by atoms with Gasteiger partial charge in [-0.25, -0.2) is 4.79 Å². The molecule has 2 amide bonds. The number of hydrogen-bond donors (Lipinski definition) is 2. The van der Waals surface area contributed by atoms with Gasteiger partial charge in [0.05, 0.1) is 11.2 Å². The van der Waals surface area contributed by atoms with Gasteiger partial charge in [0.2, 0.25) is 0 Å². The molecule has 2 fully saturated rings. The minimum atomic E-state index is -0.180. The standard InChI is InChI=1S/C20H23N3O2/c1-14-11-17(12-21-18(14)24)22-19(25)23-13-16-9-5-6-10-20(16,23)15-7-3-2-4-8-15/h2-4,7-8,11-12,16H,5-6,9-10,13H2,1H3,(H,21,24)(H,22,25). The third kappa shape index (κ3) is 2.54. The molecule has 2 aromatic rings. The van der Waals surface area contributed by atoms with E-state index in [1.54, 1.807) is 19.2 Å². The van der Waals surface area contributed by atoms with Crippen molar-refractivity contribution in [3.8, 4) is 0 Å². The predicted octanol–water partition coefficient (Wildman–Crippen LogP) is 3.62. The van der Waals surface area contributed by atoms with Crippen LogP contribution in [0.25, 0.3) is 0 Å². The van der Waals surface area contributed by atoms with E-state index in [9.17, 15) is 9.59 Å². The Morgan fingerprint density at radius 2 is 2.08 bits per heavy atom. The maximum absolute atomic E-state index is 12.9. The summed E-state index contributed by atoms with van der Waals surface area (Å²) in [6.45, 7) is 2.53. The number of amides is 2. The fraction of sp³-hybridized carbons (Fsp3) is 0.400. The van der Waals surface area contributed by atoms with Gasteiger partial charge in [-0.2, -0.15) is 0 Å².